The summed E-state index contributed by atoms with van der Waals surface area (Å²) in [4.78, 5) is 16.3. The number of hydrogen-bond acceptors (Lipinski definition) is 3. The first kappa shape index (κ1) is 13.2. The van der Waals surface area contributed by atoms with Crippen molar-refractivity contribution >= 4 is 5.91 Å². The van der Waals surface area contributed by atoms with Crippen LogP contribution < -0.4 is 5.73 Å². The van der Waals surface area contributed by atoms with Crippen molar-refractivity contribution in [1.82, 2.24) is 9.80 Å². The average molecular weight is 225 g/mol. The van der Waals surface area contributed by atoms with Gasteiger partial charge < -0.3 is 10.6 Å². The van der Waals surface area contributed by atoms with E-state index in [1.807, 2.05) is 11.9 Å². The third-order valence-corrected chi connectivity index (χ3v) is 3.39. The van der Waals surface area contributed by atoms with Crippen LogP contribution >= 0.6 is 0 Å². The van der Waals surface area contributed by atoms with Gasteiger partial charge in [-0.3, -0.25) is 9.69 Å². The molecule has 1 fully saturated rings. The highest BCUT2D eigenvalue weighted by molar-refractivity contribution is 5.82. The Hall–Kier alpha value is -0.870. The summed E-state index contributed by atoms with van der Waals surface area (Å²) in [6, 6.07) is 0.359. The molecule has 0 aliphatic carbocycles. The van der Waals surface area contributed by atoms with Gasteiger partial charge >= 0.3 is 0 Å². The van der Waals surface area contributed by atoms with E-state index in [2.05, 4.69) is 18.4 Å². The fourth-order valence-electron chi connectivity index (χ4n) is 2.17. The predicted molar refractivity (Wildman–Crippen MR) is 66.1 cm³/mol. The van der Waals surface area contributed by atoms with E-state index in [1.165, 1.54) is 0 Å². The molecule has 1 aliphatic heterocycles. The fraction of sp³-hybridized carbons (Fsp3) is 0.750. The molecule has 1 saturated heterocycles. The maximum atomic E-state index is 12.3. The summed E-state index contributed by atoms with van der Waals surface area (Å²) in [6.07, 6.45) is 3.53. The van der Waals surface area contributed by atoms with E-state index in [0.717, 1.165) is 19.4 Å². The van der Waals surface area contributed by atoms with E-state index >= 15 is 0 Å². The van der Waals surface area contributed by atoms with E-state index < -0.39 is 0 Å². The molecule has 0 aromatic rings. The molecular formula is C12H23N3O. The maximum absolute atomic E-state index is 12.3. The first-order valence-corrected chi connectivity index (χ1v) is 5.93. The molecule has 0 spiro atoms. The van der Waals surface area contributed by atoms with Crippen LogP contribution in [-0.4, -0.2) is 54.5 Å². The van der Waals surface area contributed by atoms with Crippen LogP contribution in [0, 0.1) is 0 Å². The summed E-state index contributed by atoms with van der Waals surface area (Å²) in [5.74, 6) is 0.192. The van der Waals surface area contributed by atoms with Crippen LogP contribution in [0.25, 0.3) is 0 Å². The highest BCUT2D eigenvalue weighted by Gasteiger charge is 2.32. The van der Waals surface area contributed by atoms with Crippen LogP contribution in [0.2, 0.25) is 0 Å². The minimum atomic E-state index is -0.0672. The quantitative estimate of drug-likeness (QED) is 0.706. The van der Waals surface area contributed by atoms with Crippen molar-refractivity contribution in [2.45, 2.75) is 31.8 Å². The smallest absolute Gasteiger partial charge is 0.240 e. The molecule has 0 aromatic carbocycles. The monoisotopic (exact) mass is 225 g/mol. The zero-order valence-corrected chi connectivity index (χ0v) is 10.4. The highest BCUT2D eigenvalue weighted by atomic mass is 16.2. The second-order valence-corrected chi connectivity index (χ2v) is 4.47. The van der Waals surface area contributed by atoms with Gasteiger partial charge in [-0.2, -0.15) is 0 Å². The van der Waals surface area contributed by atoms with Gasteiger partial charge in [-0.05, 0) is 33.4 Å². The summed E-state index contributed by atoms with van der Waals surface area (Å²) in [7, 11) is 2.01. The van der Waals surface area contributed by atoms with Gasteiger partial charge in [0.15, 0.2) is 0 Å². The normalized spacial score (nSPS) is 27.9. The lowest BCUT2D eigenvalue weighted by Crippen LogP contribution is -2.47. The number of nitrogens with two attached hydrogens (primary N) is 1. The molecule has 0 aromatic heterocycles. The number of hydrogen-bond donors (Lipinski definition) is 1. The summed E-state index contributed by atoms with van der Waals surface area (Å²) in [5.41, 5.74) is 5.58. The Kier molecular flexibility index (Phi) is 4.96. The van der Waals surface area contributed by atoms with Crippen LogP contribution in [0.5, 0.6) is 0 Å². The van der Waals surface area contributed by atoms with E-state index in [1.54, 1.807) is 6.08 Å². The zero-order chi connectivity index (χ0) is 12.1. The van der Waals surface area contributed by atoms with Gasteiger partial charge in [0, 0.05) is 19.1 Å². The molecule has 2 atom stereocenters. The summed E-state index contributed by atoms with van der Waals surface area (Å²) in [5, 5.41) is 0. The Bertz CT molecular complexity index is 255. The lowest BCUT2D eigenvalue weighted by molar-refractivity contribution is -0.135. The number of rotatable bonds is 4. The van der Waals surface area contributed by atoms with Gasteiger partial charge in [-0.15, -0.1) is 6.58 Å². The maximum Gasteiger partial charge on any atom is 0.240 e. The van der Waals surface area contributed by atoms with Crippen molar-refractivity contribution in [3.05, 3.63) is 12.7 Å². The second kappa shape index (κ2) is 6.01. The SMILES string of the molecule is C=CCN1CCC(C)N(C)C(CCN)C1=O. The molecule has 1 aliphatic rings. The first-order chi connectivity index (χ1) is 7.61. The molecule has 1 amide bonds. The summed E-state index contributed by atoms with van der Waals surface area (Å²) in [6.45, 7) is 7.86. The van der Waals surface area contributed by atoms with Crippen molar-refractivity contribution in [1.29, 1.82) is 0 Å². The topological polar surface area (TPSA) is 49.6 Å². The largest absolute Gasteiger partial charge is 0.338 e. The third-order valence-electron chi connectivity index (χ3n) is 3.39. The molecule has 92 valence electrons. The number of carbonyl (C=O) groups is 1. The minimum Gasteiger partial charge on any atom is -0.338 e. The van der Waals surface area contributed by atoms with Crippen LogP contribution in [-0.2, 0) is 4.79 Å². The number of nitrogens with zero attached hydrogens (tertiary/aromatic N) is 2. The van der Waals surface area contributed by atoms with Crippen molar-refractivity contribution in [3.8, 4) is 0 Å². The molecule has 1 rings (SSSR count). The Morgan fingerprint density at radius 2 is 2.31 bits per heavy atom. The molecule has 0 saturated carbocycles. The van der Waals surface area contributed by atoms with Crippen molar-refractivity contribution < 1.29 is 4.79 Å². The van der Waals surface area contributed by atoms with E-state index in [-0.39, 0.29) is 11.9 Å². The number of amides is 1. The van der Waals surface area contributed by atoms with Gasteiger partial charge in [0.2, 0.25) is 5.91 Å². The second-order valence-electron chi connectivity index (χ2n) is 4.47. The van der Waals surface area contributed by atoms with Crippen molar-refractivity contribution in [2.24, 2.45) is 5.73 Å². The molecule has 0 radical (unpaired) electrons. The molecule has 0 bridgehead atoms. The molecule has 16 heavy (non-hydrogen) atoms. The molecule has 4 heteroatoms. The lowest BCUT2D eigenvalue weighted by Gasteiger charge is -2.29. The van der Waals surface area contributed by atoms with Crippen LogP contribution in [0.1, 0.15) is 19.8 Å². The fourth-order valence-corrected chi connectivity index (χ4v) is 2.17. The Morgan fingerprint density at radius 1 is 1.62 bits per heavy atom. The van der Waals surface area contributed by atoms with E-state index in [9.17, 15) is 4.79 Å². The first-order valence-electron chi connectivity index (χ1n) is 5.93. The Morgan fingerprint density at radius 3 is 2.88 bits per heavy atom. The Labute approximate surface area is 98.1 Å². The zero-order valence-electron chi connectivity index (χ0n) is 10.4. The van der Waals surface area contributed by atoms with Crippen LogP contribution in [0.3, 0.4) is 0 Å². The van der Waals surface area contributed by atoms with Gasteiger partial charge in [-0.25, -0.2) is 0 Å². The summed E-state index contributed by atoms with van der Waals surface area (Å²) >= 11 is 0. The van der Waals surface area contributed by atoms with Crippen molar-refractivity contribution in [3.63, 3.8) is 0 Å². The molecule has 2 unspecified atom stereocenters. The minimum absolute atomic E-state index is 0.0672. The highest BCUT2D eigenvalue weighted by Crippen LogP contribution is 2.17. The molecule has 2 N–H and O–H groups in total. The van der Waals surface area contributed by atoms with Crippen molar-refractivity contribution in [2.75, 3.05) is 26.7 Å². The summed E-state index contributed by atoms with van der Waals surface area (Å²) < 4.78 is 0. The van der Waals surface area contributed by atoms with Gasteiger partial charge in [0.05, 0.1) is 6.04 Å². The van der Waals surface area contributed by atoms with Crippen LogP contribution in [0.4, 0.5) is 0 Å². The van der Waals surface area contributed by atoms with E-state index in [0.29, 0.717) is 19.1 Å². The van der Waals surface area contributed by atoms with Gasteiger partial charge in [-0.1, -0.05) is 6.08 Å². The van der Waals surface area contributed by atoms with Gasteiger partial charge in [0.1, 0.15) is 0 Å². The predicted octanol–water partition coefficient (Wildman–Crippen LogP) is 0.442. The third kappa shape index (κ3) is 2.83. The lowest BCUT2D eigenvalue weighted by atomic mass is 10.1. The molecule has 4 nitrogen and oxygen atoms in total. The average Bonchev–Trinajstić information content (AvgIpc) is 2.36. The Balaban J connectivity index is 2.81. The molecule has 1 heterocycles. The van der Waals surface area contributed by atoms with Gasteiger partial charge in [0.25, 0.3) is 0 Å². The van der Waals surface area contributed by atoms with Crippen LogP contribution in [0.15, 0.2) is 12.7 Å². The standard InChI is InChI=1S/C12H23N3O/c1-4-8-15-9-6-10(2)14(3)11(5-7-13)12(15)16/h4,10-11H,1,5-9,13H2,2-3H3. The number of carbonyl (C=O) groups excluding carboxylic acids is 1. The number of likely N-dealkylation sites (N-methyl/N-ethyl adjacent to an activating group) is 1. The molecular weight excluding hydrogens is 202 g/mol. The van der Waals surface area contributed by atoms with E-state index in [4.69, 9.17) is 5.73 Å².